The van der Waals surface area contributed by atoms with Crippen LogP contribution in [0, 0.1) is 0 Å². The van der Waals surface area contributed by atoms with Crippen molar-refractivity contribution in [2.24, 2.45) is 0 Å². The zero-order chi connectivity index (χ0) is 12.5. The van der Waals surface area contributed by atoms with E-state index in [1.54, 1.807) is 6.07 Å². The maximum Gasteiger partial charge on any atom is 0.121 e. The summed E-state index contributed by atoms with van der Waals surface area (Å²) in [5, 5.41) is 18.5. The van der Waals surface area contributed by atoms with Crippen LogP contribution in [0.5, 0.6) is 5.75 Å². The van der Waals surface area contributed by atoms with Gasteiger partial charge in [0.05, 0.1) is 6.61 Å². The van der Waals surface area contributed by atoms with Gasteiger partial charge in [0.1, 0.15) is 5.75 Å². The van der Waals surface area contributed by atoms with Gasteiger partial charge in [0.2, 0.25) is 0 Å². The van der Waals surface area contributed by atoms with Gasteiger partial charge in [-0.3, -0.25) is 0 Å². The second kappa shape index (κ2) is 8.13. The smallest absolute Gasteiger partial charge is 0.121 e. The SMILES string of the molecule is CCCCCCCCc1ccc(CO)c(O)c1. The van der Waals surface area contributed by atoms with E-state index >= 15 is 0 Å². The van der Waals surface area contributed by atoms with Crippen LogP contribution < -0.4 is 0 Å². The predicted molar refractivity (Wildman–Crippen MR) is 71.1 cm³/mol. The fourth-order valence-corrected chi connectivity index (χ4v) is 2.01. The highest BCUT2D eigenvalue weighted by atomic mass is 16.3. The molecule has 0 fully saturated rings. The van der Waals surface area contributed by atoms with Gasteiger partial charge in [-0.25, -0.2) is 0 Å². The molecule has 0 unspecified atom stereocenters. The Balaban J connectivity index is 2.25. The van der Waals surface area contributed by atoms with E-state index in [4.69, 9.17) is 5.11 Å². The zero-order valence-corrected chi connectivity index (χ0v) is 10.8. The quantitative estimate of drug-likeness (QED) is 0.674. The molecular formula is C15H24O2. The predicted octanol–water partition coefficient (Wildman–Crippen LogP) is 3.79. The summed E-state index contributed by atoms with van der Waals surface area (Å²) in [6.45, 7) is 2.13. The molecule has 0 amide bonds. The van der Waals surface area contributed by atoms with Crippen LogP contribution in [-0.2, 0) is 13.0 Å². The van der Waals surface area contributed by atoms with Gasteiger partial charge in [-0.2, -0.15) is 0 Å². The molecule has 0 aliphatic rings. The van der Waals surface area contributed by atoms with Gasteiger partial charge >= 0.3 is 0 Å². The standard InChI is InChI=1S/C15H24O2/c1-2-3-4-5-6-7-8-13-9-10-14(12-16)15(17)11-13/h9-11,16-17H,2-8,12H2,1H3. The van der Waals surface area contributed by atoms with E-state index in [1.807, 2.05) is 12.1 Å². The highest BCUT2D eigenvalue weighted by Gasteiger charge is 2.01. The Morgan fingerprint density at radius 3 is 2.35 bits per heavy atom. The zero-order valence-electron chi connectivity index (χ0n) is 10.8. The van der Waals surface area contributed by atoms with Crippen molar-refractivity contribution in [1.29, 1.82) is 0 Å². The van der Waals surface area contributed by atoms with E-state index in [9.17, 15) is 5.11 Å². The van der Waals surface area contributed by atoms with E-state index in [0.717, 1.165) is 12.0 Å². The Hall–Kier alpha value is -1.02. The fraction of sp³-hybridized carbons (Fsp3) is 0.600. The molecule has 1 aromatic rings. The van der Waals surface area contributed by atoms with Gasteiger partial charge in [-0.15, -0.1) is 0 Å². The Morgan fingerprint density at radius 1 is 1.00 bits per heavy atom. The van der Waals surface area contributed by atoms with Crippen LogP contribution in [0.4, 0.5) is 0 Å². The lowest BCUT2D eigenvalue weighted by Gasteiger charge is -2.05. The first kappa shape index (κ1) is 14.0. The summed E-state index contributed by atoms with van der Waals surface area (Å²) in [5.41, 5.74) is 1.77. The van der Waals surface area contributed by atoms with Gasteiger partial charge < -0.3 is 10.2 Å². The van der Waals surface area contributed by atoms with Crippen LogP contribution in [0.2, 0.25) is 0 Å². The largest absolute Gasteiger partial charge is 0.508 e. The number of hydrogen-bond donors (Lipinski definition) is 2. The molecule has 0 aromatic heterocycles. The van der Waals surface area contributed by atoms with Crippen molar-refractivity contribution < 1.29 is 10.2 Å². The van der Waals surface area contributed by atoms with Crippen LogP contribution in [0.15, 0.2) is 18.2 Å². The molecule has 0 atom stereocenters. The number of benzene rings is 1. The van der Waals surface area contributed by atoms with Crippen LogP contribution in [0.25, 0.3) is 0 Å². The first-order chi connectivity index (χ1) is 8.27. The molecular weight excluding hydrogens is 212 g/mol. The number of aliphatic hydroxyl groups is 1. The average Bonchev–Trinajstić information content (AvgIpc) is 2.34. The van der Waals surface area contributed by atoms with E-state index in [0.29, 0.717) is 5.56 Å². The first-order valence-corrected chi connectivity index (χ1v) is 6.69. The minimum absolute atomic E-state index is 0.0941. The molecule has 0 bridgehead atoms. The molecule has 1 aromatic carbocycles. The van der Waals surface area contributed by atoms with Crippen LogP contribution in [0.1, 0.15) is 56.6 Å². The minimum Gasteiger partial charge on any atom is -0.508 e. The second-order valence-electron chi connectivity index (χ2n) is 4.64. The number of aliphatic hydroxyl groups excluding tert-OH is 1. The van der Waals surface area contributed by atoms with Crippen molar-refractivity contribution >= 4 is 0 Å². The third-order valence-electron chi connectivity index (χ3n) is 3.14. The lowest BCUT2D eigenvalue weighted by Crippen LogP contribution is -1.89. The summed E-state index contributed by atoms with van der Waals surface area (Å²) < 4.78 is 0. The van der Waals surface area contributed by atoms with E-state index < -0.39 is 0 Å². The van der Waals surface area contributed by atoms with Crippen molar-refractivity contribution in [3.8, 4) is 5.75 Å². The number of rotatable bonds is 8. The van der Waals surface area contributed by atoms with Crippen molar-refractivity contribution in [2.75, 3.05) is 0 Å². The Morgan fingerprint density at radius 2 is 1.71 bits per heavy atom. The molecule has 0 heterocycles. The average molecular weight is 236 g/mol. The van der Waals surface area contributed by atoms with Gasteiger partial charge in [-0.1, -0.05) is 51.2 Å². The summed E-state index contributed by atoms with van der Waals surface area (Å²) in [6.07, 6.45) is 8.75. The van der Waals surface area contributed by atoms with Crippen molar-refractivity contribution in [1.82, 2.24) is 0 Å². The lowest BCUT2D eigenvalue weighted by atomic mass is 10.0. The van der Waals surface area contributed by atoms with Crippen molar-refractivity contribution in [3.63, 3.8) is 0 Å². The first-order valence-electron chi connectivity index (χ1n) is 6.69. The van der Waals surface area contributed by atoms with Crippen LogP contribution in [0.3, 0.4) is 0 Å². The van der Waals surface area contributed by atoms with Crippen molar-refractivity contribution in [2.45, 2.75) is 58.5 Å². The summed E-state index contributed by atoms with van der Waals surface area (Å²) in [7, 11) is 0. The van der Waals surface area contributed by atoms with Crippen molar-refractivity contribution in [3.05, 3.63) is 29.3 Å². The highest BCUT2D eigenvalue weighted by Crippen LogP contribution is 2.20. The Bertz CT molecular complexity index is 321. The molecule has 2 N–H and O–H groups in total. The normalized spacial score (nSPS) is 10.7. The molecule has 0 radical (unpaired) electrons. The maximum atomic E-state index is 9.60. The van der Waals surface area contributed by atoms with Crippen LogP contribution >= 0.6 is 0 Å². The molecule has 0 saturated carbocycles. The molecule has 0 spiro atoms. The third-order valence-corrected chi connectivity index (χ3v) is 3.14. The fourth-order valence-electron chi connectivity index (χ4n) is 2.01. The molecule has 0 saturated heterocycles. The highest BCUT2D eigenvalue weighted by molar-refractivity contribution is 5.35. The van der Waals surface area contributed by atoms with E-state index in [2.05, 4.69) is 6.92 Å². The molecule has 17 heavy (non-hydrogen) atoms. The van der Waals surface area contributed by atoms with Gasteiger partial charge in [-0.05, 0) is 24.5 Å². The number of phenols is 1. The Kier molecular flexibility index (Phi) is 6.71. The lowest BCUT2D eigenvalue weighted by molar-refractivity contribution is 0.275. The van der Waals surface area contributed by atoms with Crippen LogP contribution in [-0.4, -0.2) is 10.2 Å². The van der Waals surface area contributed by atoms with Gasteiger partial charge in [0.15, 0.2) is 0 Å². The summed E-state index contributed by atoms with van der Waals surface area (Å²) in [6, 6.07) is 5.58. The van der Waals surface area contributed by atoms with E-state index in [1.165, 1.54) is 38.5 Å². The summed E-state index contributed by atoms with van der Waals surface area (Å²) in [5.74, 6) is 0.219. The number of unbranched alkanes of at least 4 members (excludes halogenated alkanes) is 5. The van der Waals surface area contributed by atoms with Gasteiger partial charge in [0.25, 0.3) is 0 Å². The monoisotopic (exact) mass is 236 g/mol. The van der Waals surface area contributed by atoms with E-state index in [-0.39, 0.29) is 12.4 Å². The number of aryl methyl sites for hydroxylation is 1. The molecule has 1 rings (SSSR count). The molecule has 96 valence electrons. The summed E-state index contributed by atoms with van der Waals surface area (Å²) in [4.78, 5) is 0. The second-order valence-corrected chi connectivity index (χ2v) is 4.64. The number of aromatic hydroxyl groups is 1. The maximum absolute atomic E-state index is 9.60. The Labute approximate surface area is 104 Å². The van der Waals surface area contributed by atoms with Gasteiger partial charge in [0, 0.05) is 5.56 Å². The number of hydrogen-bond acceptors (Lipinski definition) is 2. The molecule has 2 nitrogen and oxygen atoms in total. The summed E-state index contributed by atoms with van der Waals surface area (Å²) >= 11 is 0. The third kappa shape index (κ3) is 5.22. The topological polar surface area (TPSA) is 40.5 Å². The molecule has 0 aliphatic heterocycles. The minimum atomic E-state index is -0.0941. The molecule has 0 aliphatic carbocycles. The molecule has 2 heteroatoms.